The number of methoxy groups -OCH3 is 1. The molecule has 4 rings (SSSR count). The van der Waals surface area contributed by atoms with Gasteiger partial charge in [-0.3, -0.25) is 14.7 Å². The van der Waals surface area contributed by atoms with Crippen molar-refractivity contribution in [2.45, 2.75) is 38.8 Å². The number of nitrogens with zero attached hydrogens (tertiary/aromatic N) is 3. The summed E-state index contributed by atoms with van der Waals surface area (Å²) < 4.78 is 11.7. The number of pyridine rings is 1. The summed E-state index contributed by atoms with van der Waals surface area (Å²) in [5, 5.41) is 0. The minimum atomic E-state index is 0.0763. The monoisotopic (exact) mass is 423 g/mol. The lowest BCUT2D eigenvalue weighted by Crippen LogP contribution is -2.38. The van der Waals surface area contributed by atoms with E-state index in [0.717, 1.165) is 63.3 Å². The smallest absolute Gasteiger partial charge is 0.257 e. The molecule has 1 amide bonds. The van der Waals surface area contributed by atoms with Crippen LogP contribution in [-0.2, 0) is 11.3 Å². The molecule has 0 radical (unpaired) electrons. The molecule has 2 aliphatic heterocycles. The van der Waals surface area contributed by atoms with Crippen LogP contribution in [0.25, 0.3) is 0 Å². The molecule has 6 nitrogen and oxygen atoms in total. The fourth-order valence-electron chi connectivity index (χ4n) is 4.58. The average molecular weight is 424 g/mol. The molecule has 0 saturated carbocycles. The van der Waals surface area contributed by atoms with Crippen molar-refractivity contribution in [3.8, 4) is 5.75 Å². The van der Waals surface area contributed by atoms with Gasteiger partial charge in [0.05, 0.1) is 12.2 Å². The number of piperidine rings is 1. The SMILES string of the molecule is COCC1CCN(C(=O)c2cc(C)ccc2OC2CCN(Cc3ccncc3)CC2)C1. The van der Waals surface area contributed by atoms with Gasteiger partial charge < -0.3 is 14.4 Å². The van der Waals surface area contributed by atoms with Gasteiger partial charge in [0, 0.05) is 58.1 Å². The van der Waals surface area contributed by atoms with Crippen molar-refractivity contribution < 1.29 is 14.3 Å². The Morgan fingerprint density at radius 2 is 1.87 bits per heavy atom. The first-order valence-electron chi connectivity index (χ1n) is 11.3. The number of hydrogen-bond donors (Lipinski definition) is 0. The van der Waals surface area contributed by atoms with Crippen LogP contribution < -0.4 is 4.74 Å². The third kappa shape index (κ3) is 5.63. The third-order valence-corrected chi connectivity index (χ3v) is 6.32. The molecule has 2 saturated heterocycles. The van der Waals surface area contributed by atoms with Gasteiger partial charge in [-0.2, -0.15) is 0 Å². The molecule has 1 aromatic carbocycles. The van der Waals surface area contributed by atoms with Gasteiger partial charge in [0.2, 0.25) is 0 Å². The van der Waals surface area contributed by atoms with E-state index in [-0.39, 0.29) is 12.0 Å². The van der Waals surface area contributed by atoms with Gasteiger partial charge >= 0.3 is 0 Å². The summed E-state index contributed by atoms with van der Waals surface area (Å²) in [7, 11) is 1.72. The summed E-state index contributed by atoms with van der Waals surface area (Å²) in [5.41, 5.74) is 3.06. The lowest BCUT2D eigenvalue weighted by Gasteiger charge is -2.32. The van der Waals surface area contributed by atoms with Crippen LogP contribution in [0.3, 0.4) is 0 Å². The average Bonchev–Trinajstić information content (AvgIpc) is 3.25. The number of likely N-dealkylation sites (tertiary alicyclic amines) is 2. The van der Waals surface area contributed by atoms with Crippen LogP contribution in [0, 0.1) is 12.8 Å². The molecule has 2 aliphatic rings. The summed E-state index contributed by atoms with van der Waals surface area (Å²) in [4.78, 5) is 21.8. The number of ether oxygens (including phenoxy) is 2. The Hall–Kier alpha value is -2.44. The molecule has 31 heavy (non-hydrogen) atoms. The highest BCUT2D eigenvalue weighted by Crippen LogP contribution is 2.28. The Labute approximate surface area is 185 Å². The maximum Gasteiger partial charge on any atom is 0.257 e. The van der Waals surface area contributed by atoms with Gasteiger partial charge in [-0.05, 0) is 56.0 Å². The molecule has 0 N–H and O–H groups in total. The molecule has 166 valence electrons. The van der Waals surface area contributed by atoms with Crippen molar-refractivity contribution in [2.75, 3.05) is 39.9 Å². The van der Waals surface area contributed by atoms with Crippen LogP contribution in [0.15, 0.2) is 42.7 Å². The van der Waals surface area contributed by atoms with Crippen LogP contribution >= 0.6 is 0 Å². The number of rotatable bonds is 7. The summed E-state index contributed by atoms with van der Waals surface area (Å²) in [6, 6.07) is 10.1. The number of hydrogen-bond acceptors (Lipinski definition) is 5. The van der Waals surface area contributed by atoms with Gasteiger partial charge in [-0.25, -0.2) is 0 Å². The molecule has 0 aliphatic carbocycles. The third-order valence-electron chi connectivity index (χ3n) is 6.32. The lowest BCUT2D eigenvalue weighted by atomic mass is 10.1. The summed E-state index contributed by atoms with van der Waals surface area (Å²) >= 11 is 0. The van der Waals surface area contributed by atoms with E-state index in [4.69, 9.17) is 9.47 Å². The van der Waals surface area contributed by atoms with E-state index in [1.165, 1.54) is 5.56 Å². The van der Waals surface area contributed by atoms with Gasteiger partial charge in [0.15, 0.2) is 0 Å². The highest BCUT2D eigenvalue weighted by molar-refractivity contribution is 5.97. The zero-order valence-electron chi connectivity index (χ0n) is 18.6. The number of amides is 1. The number of aromatic nitrogens is 1. The molecule has 1 aromatic heterocycles. The second kappa shape index (κ2) is 10.2. The van der Waals surface area contributed by atoms with E-state index in [0.29, 0.717) is 18.1 Å². The minimum Gasteiger partial charge on any atom is -0.489 e. The second-order valence-corrected chi connectivity index (χ2v) is 8.81. The van der Waals surface area contributed by atoms with Crippen molar-refractivity contribution in [1.29, 1.82) is 0 Å². The van der Waals surface area contributed by atoms with Crippen molar-refractivity contribution in [3.63, 3.8) is 0 Å². The van der Waals surface area contributed by atoms with Crippen LogP contribution in [0.1, 0.15) is 40.7 Å². The van der Waals surface area contributed by atoms with Crippen LogP contribution in [0.5, 0.6) is 5.75 Å². The normalized spacial score (nSPS) is 20.2. The fraction of sp³-hybridized carbons (Fsp3) is 0.520. The Morgan fingerprint density at radius 3 is 2.61 bits per heavy atom. The fourth-order valence-corrected chi connectivity index (χ4v) is 4.58. The van der Waals surface area contributed by atoms with Gasteiger partial charge in [0.25, 0.3) is 5.91 Å². The number of aryl methyl sites for hydroxylation is 1. The van der Waals surface area contributed by atoms with E-state index in [1.807, 2.05) is 42.4 Å². The topological polar surface area (TPSA) is 54.9 Å². The Kier molecular flexibility index (Phi) is 7.20. The number of carbonyl (C=O) groups excluding carboxylic acids is 1. The van der Waals surface area contributed by atoms with Crippen molar-refractivity contribution in [1.82, 2.24) is 14.8 Å². The first-order chi connectivity index (χ1) is 15.1. The largest absolute Gasteiger partial charge is 0.489 e. The molecular formula is C25H33N3O3. The Morgan fingerprint density at radius 1 is 1.10 bits per heavy atom. The summed E-state index contributed by atoms with van der Waals surface area (Å²) in [5.74, 6) is 1.22. The highest BCUT2D eigenvalue weighted by atomic mass is 16.5. The maximum absolute atomic E-state index is 13.3. The second-order valence-electron chi connectivity index (χ2n) is 8.81. The lowest BCUT2D eigenvalue weighted by molar-refractivity contribution is 0.0749. The van der Waals surface area contributed by atoms with Gasteiger partial charge in [-0.1, -0.05) is 11.6 Å². The minimum absolute atomic E-state index is 0.0763. The quantitative estimate of drug-likeness (QED) is 0.682. The summed E-state index contributed by atoms with van der Waals surface area (Å²) in [6.07, 6.45) is 6.76. The van der Waals surface area contributed by atoms with Crippen LogP contribution in [0.4, 0.5) is 0 Å². The van der Waals surface area contributed by atoms with E-state index < -0.39 is 0 Å². The summed E-state index contributed by atoms with van der Waals surface area (Å²) in [6.45, 7) is 7.21. The van der Waals surface area contributed by atoms with Crippen LogP contribution in [-0.4, -0.2) is 66.7 Å². The molecule has 3 heterocycles. The molecule has 0 spiro atoms. The van der Waals surface area contributed by atoms with Crippen molar-refractivity contribution in [3.05, 3.63) is 59.4 Å². The molecule has 1 atom stereocenters. The van der Waals surface area contributed by atoms with Gasteiger partial charge in [0.1, 0.15) is 11.9 Å². The molecule has 6 heteroatoms. The number of benzene rings is 1. The molecule has 2 aromatic rings. The van der Waals surface area contributed by atoms with Gasteiger partial charge in [-0.15, -0.1) is 0 Å². The van der Waals surface area contributed by atoms with Crippen molar-refractivity contribution in [2.24, 2.45) is 5.92 Å². The molecular weight excluding hydrogens is 390 g/mol. The van der Waals surface area contributed by atoms with E-state index >= 15 is 0 Å². The van der Waals surface area contributed by atoms with Crippen LogP contribution in [0.2, 0.25) is 0 Å². The predicted molar refractivity (Wildman–Crippen MR) is 120 cm³/mol. The molecule has 0 bridgehead atoms. The first-order valence-corrected chi connectivity index (χ1v) is 11.3. The molecule has 1 unspecified atom stereocenters. The van der Waals surface area contributed by atoms with E-state index in [1.54, 1.807) is 7.11 Å². The van der Waals surface area contributed by atoms with Crippen molar-refractivity contribution >= 4 is 5.91 Å². The first kappa shape index (κ1) is 21.8. The Balaban J connectivity index is 1.36. The molecule has 2 fully saturated rings. The Bertz CT molecular complexity index is 866. The number of carbonyl (C=O) groups is 1. The standard InChI is InChI=1S/C25H33N3O3/c1-19-3-4-24(23(15-19)25(29)28-14-7-21(17-28)18-30-2)31-22-8-12-27(13-9-22)16-20-5-10-26-11-6-20/h3-6,10-11,15,21-22H,7-9,12-14,16-18H2,1-2H3. The highest BCUT2D eigenvalue weighted by Gasteiger charge is 2.29. The predicted octanol–water partition coefficient (Wildman–Crippen LogP) is 3.54. The zero-order valence-corrected chi connectivity index (χ0v) is 18.6. The maximum atomic E-state index is 13.3. The zero-order chi connectivity index (χ0) is 21.6. The van der Waals surface area contributed by atoms with E-state index in [9.17, 15) is 4.79 Å². The van der Waals surface area contributed by atoms with E-state index in [2.05, 4.69) is 22.0 Å².